The third-order valence-electron chi connectivity index (χ3n) is 3.02. The fraction of sp³-hybridized carbons (Fsp3) is 0.750. The predicted molar refractivity (Wildman–Crippen MR) is 64.6 cm³/mol. The molecule has 0 saturated carbocycles. The first-order chi connectivity index (χ1) is 8.34. The maximum absolute atomic E-state index is 9.80. The molecule has 0 amide bonds. The quantitative estimate of drug-likeness (QED) is 0.747. The number of aromatic nitrogens is 2. The highest BCUT2D eigenvalue weighted by Crippen LogP contribution is 2.11. The van der Waals surface area contributed by atoms with E-state index in [1.165, 1.54) is 6.42 Å². The number of nitrogens with one attached hydrogen (secondary N) is 1. The highest BCUT2D eigenvalue weighted by Gasteiger charge is 2.14. The molecule has 1 saturated heterocycles. The summed E-state index contributed by atoms with van der Waals surface area (Å²) in [6, 6.07) is 1.86. The monoisotopic (exact) mass is 239 g/mol. The summed E-state index contributed by atoms with van der Waals surface area (Å²) < 4.78 is 7.15. The lowest BCUT2D eigenvalue weighted by molar-refractivity contribution is 0.0528. The minimum atomic E-state index is -0.389. The van der Waals surface area contributed by atoms with Gasteiger partial charge < -0.3 is 15.2 Å². The van der Waals surface area contributed by atoms with Crippen molar-refractivity contribution >= 4 is 0 Å². The van der Waals surface area contributed by atoms with Crippen LogP contribution in [0.25, 0.3) is 0 Å². The Balaban J connectivity index is 1.58. The van der Waals surface area contributed by atoms with Crippen LogP contribution in [0.1, 0.15) is 12.8 Å². The van der Waals surface area contributed by atoms with Gasteiger partial charge in [0.15, 0.2) is 0 Å². The van der Waals surface area contributed by atoms with E-state index in [-0.39, 0.29) is 6.10 Å². The summed E-state index contributed by atoms with van der Waals surface area (Å²) in [4.78, 5) is 0. The summed E-state index contributed by atoms with van der Waals surface area (Å²) in [5.74, 6) is 0.598. The first-order valence-electron chi connectivity index (χ1n) is 6.28. The van der Waals surface area contributed by atoms with E-state index in [9.17, 15) is 5.11 Å². The second-order valence-corrected chi connectivity index (χ2v) is 4.62. The van der Waals surface area contributed by atoms with E-state index in [0.29, 0.717) is 19.0 Å². The van der Waals surface area contributed by atoms with Gasteiger partial charge in [0.2, 0.25) is 0 Å². The molecule has 0 bridgehead atoms. The van der Waals surface area contributed by atoms with E-state index in [1.807, 2.05) is 12.3 Å². The number of rotatable bonds is 6. The molecule has 1 aliphatic rings. The van der Waals surface area contributed by atoms with Crippen molar-refractivity contribution < 1.29 is 9.84 Å². The topological polar surface area (TPSA) is 59.3 Å². The van der Waals surface area contributed by atoms with E-state index in [4.69, 9.17) is 4.74 Å². The molecule has 1 aromatic heterocycles. The minimum absolute atomic E-state index is 0.389. The standard InChI is InChI=1S/C12H21N3O2/c16-12(9-15-5-2-4-14-15)8-13-7-11-3-1-6-17-10-11/h2,4-5,11-13,16H,1,3,6-10H2. The number of aliphatic hydroxyl groups is 1. The summed E-state index contributed by atoms with van der Waals surface area (Å²) in [7, 11) is 0. The molecule has 0 aromatic carbocycles. The van der Waals surface area contributed by atoms with Crippen molar-refractivity contribution in [3.05, 3.63) is 18.5 Å². The second-order valence-electron chi connectivity index (χ2n) is 4.62. The maximum atomic E-state index is 9.80. The molecule has 0 radical (unpaired) electrons. The molecular weight excluding hydrogens is 218 g/mol. The first-order valence-corrected chi connectivity index (χ1v) is 6.28. The third kappa shape index (κ3) is 4.46. The molecule has 5 heteroatoms. The maximum Gasteiger partial charge on any atom is 0.0860 e. The highest BCUT2D eigenvalue weighted by molar-refractivity contribution is 4.78. The number of hydrogen-bond donors (Lipinski definition) is 2. The summed E-state index contributed by atoms with van der Waals surface area (Å²) in [6.07, 6.45) is 5.57. The molecule has 2 N–H and O–H groups in total. The zero-order valence-electron chi connectivity index (χ0n) is 10.1. The molecule has 17 heavy (non-hydrogen) atoms. The van der Waals surface area contributed by atoms with Crippen molar-refractivity contribution in [3.8, 4) is 0 Å². The van der Waals surface area contributed by atoms with E-state index in [1.54, 1.807) is 10.9 Å². The molecule has 1 aliphatic heterocycles. The average Bonchev–Trinajstić information content (AvgIpc) is 2.83. The molecule has 2 heterocycles. The van der Waals surface area contributed by atoms with Gasteiger partial charge in [-0.05, 0) is 24.8 Å². The Labute approximate surface area is 102 Å². The van der Waals surface area contributed by atoms with Gasteiger partial charge in [-0.15, -0.1) is 0 Å². The van der Waals surface area contributed by atoms with Gasteiger partial charge in [0.05, 0.1) is 19.3 Å². The molecule has 0 aliphatic carbocycles. The van der Waals surface area contributed by atoms with Crippen LogP contribution in [0.4, 0.5) is 0 Å². The highest BCUT2D eigenvalue weighted by atomic mass is 16.5. The predicted octanol–water partition coefficient (Wildman–Crippen LogP) is 0.260. The molecule has 2 atom stereocenters. The van der Waals surface area contributed by atoms with Crippen LogP contribution in [0.5, 0.6) is 0 Å². The summed E-state index contributed by atoms with van der Waals surface area (Å²) in [5.41, 5.74) is 0. The number of nitrogens with zero attached hydrogens (tertiary/aromatic N) is 2. The Bertz CT molecular complexity index is 297. The van der Waals surface area contributed by atoms with Gasteiger partial charge >= 0.3 is 0 Å². The lowest BCUT2D eigenvalue weighted by Gasteiger charge is -2.23. The Morgan fingerprint density at radius 2 is 2.53 bits per heavy atom. The first kappa shape index (κ1) is 12.5. The molecule has 1 aromatic rings. The van der Waals surface area contributed by atoms with Gasteiger partial charge in [-0.1, -0.05) is 0 Å². The zero-order chi connectivity index (χ0) is 11.9. The van der Waals surface area contributed by atoms with Crippen LogP contribution in [-0.4, -0.2) is 47.3 Å². The minimum Gasteiger partial charge on any atom is -0.390 e. The Morgan fingerprint density at radius 1 is 1.59 bits per heavy atom. The van der Waals surface area contributed by atoms with Gasteiger partial charge in [-0.2, -0.15) is 5.10 Å². The number of aliphatic hydroxyl groups excluding tert-OH is 1. The van der Waals surface area contributed by atoms with Crippen LogP contribution in [-0.2, 0) is 11.3 Å². The summed E-state index contributed by atoms with van der Waals surface area (Å²) in [5, 5.41) is 17.2. The molecular formula is C12H21N3O2. The molecule has 2 rings (SSSR count). The Morgan fingerprint density at radius 3 is 3.24 bits per heavy atom. The molecule has 2 unspecified atom stereocenters. The summed E-state index contributed by atoms with van der Waals surface area (Å²) in [6.45, 7) is 3.83. The van der Waals surface area contributed by atoms with Crippen molar-refractivity contribution in [2.75, 3.05) is 26.3 Å². The van der Waals surface area contributed by atoms with Crippen LogP contribution in [0, 0.1) is 5.92 Å². The fourth-order valence-electron chi connectivity index (χ4n) is 2.11. The van der Waals surface area contributed by atoms with Crippen LogP contribution in [0.15, 0.2) is 18.5 Å². The van der Waals surface area contributed by atoms with E-state index < -0.39 is 0 Å². The van der Waals surface area contributed by atoms with Crippen LogP contribution < -0.4 is 5.32 Å². The number of hydrogen-bond acceptors (Lipinski definition) is 4. The third-order valence-corrected chi connectivity index (χ3v) is 3.02. The lowest BCUT2D eigenvalue weighted by Crippen LogP contribution is -2.35. The van der Waals surface area contributed by atoms with Gasteiger partial charge in [0.25, 0.3) is 0 Å². The zero-order valence-corrected chi connectivity index (χ0v) is 10.1. The van der Waals surface area contributed by atoms with Gasteiger partial charge in [0.1, 0.15) is 0 Å². The van der Waals surface area contributed by atoms with Crippen molar-refractivity contribution in [3.63, 3.8) is 0 Å². The normalized spacial score (nSPS) is 22.5. The van der Waals surface area contributed by atoms with Gasteiger partial charge in [-0.25, -0.2) is 0 Å². The SMILES string of the molecule is OC(CNCC1CCCOC1)Cn1cccn1. The lowest BCUT2D eigenvalue weighted by atomic mass is 10.0. The van der Waals surface area contributed by atoms with E-state index in [2.05, 4.69) is 10.4 Å². The summed E-state index contributed by atoms with van der Waals surface area (Å²) >= 11 is 0. The molecule has 1 fully saturated rings. The second kappa shape index (κ2) is 6.74. The van der Waals surface area contributed by atoms with E-state index in [0.717, 1.165) is 26.2 Å². The van der Waals surface area contributed by atoms with Crippen molar-refractivity contribution in [1.82, 2.24) is 15.1 Å². The smallest absolute Gasteiger partial charge is 0.0860 e. The van der Waals surface area contributed by atoms with Gasteiger partial charge in [0, 0.05) is 32.1 Å². The van der Waals surface area contributed by atoms with Gasteiger partial charge in [-0.3, -0.25) is 4.68 Å². The van der Waals surface area contributed by atoms with Crippen molar-refractivity contribution in [2.45, 2.75) is 25.5 Å². The molecule has 96 valence electrons. The Hall–Kier alpha value is -0.910. The molecule has 5 nitrogen and oxygen atoms in total. The van der Waals surface area contributed by atoms with Crippen LogP contribution >= 0.6 is 0 Å². The fourth-order valence-corrected chi connectivity index (χ4v) is 2.11. The van der Waals surface area contributed by atoms with Crippen molar-refractivity contribution in [1.29, 1.82) is 0 Å². The average molecular weight is 239 g/mol. The van der Waals surface area contributed by atoms with Crippen molar-refractivity contribution in [2.24, 2.45) is 5.92 Å². The molecule has 0 spiro atoms. The largest absolute Gasteiger partial charge is 0.390 e. The van der Waals surface area contributed by atoms with E-state index >= 15 is 0 Å². The van der Waals surface area contributed by atoms with Crippen LogP contribution in [0.3, 0.4) is 0 Å². The number of ether oxygens (including phenoxy) is 1. The van der Waals surface area contributed by atoms with Crippen LogP contribution in [0.2, 0.25) is 0 Å². The Kier molecular flexibility index (Phi) is 4.97.